The van der Waals surface area contributed by atoms with E-state index in [1.54, 1.807) is 12.1 Å². The van der Waals surface area contributed by atoms with Gasteiger partial charge >= 0.3 is 0 Å². The number of amides is 1. The van der Waals surface area contributed by atoms with Gasteiger partial charge < -0.3 is 24.8 Å². The molecule has 5 atom stereocenters. The fourth-order valence-electron chi connectivity index (χ4n) is 6.05. The minimum absolute atomic E-state index is 0.0222. The van der Waals surface area contributed by atoms with Gasteiger partial charge in [0, 0.05) is 31.1 Å². The van der Waals surface area contributed by atoms with E-state index < -0.39 is 28.3 Å². The Morgan fingerprint density at radius 3 is 2.18 bits per heavy atom. The summed E-state index contributed by atoms with van der Waals surface area (Å²) in [6.45, 7) is 9.48. The highest BCUT2D eigenvalue weighted by Gasteiger charge is 2.38. The summed E-state index contributed by atoms with van der Waals surface area (Å²) in [5, 5.41) is 12.5. The zero-order valence-electron chi connectivity index (χ0n) is 28.9. The second-order valence-corrected chi connectivity index (χ2v) is 14.7. The van der Waals surface area contributed by atoms with Crippen molar-refractivity contribution in [3.63, 3.8) is 0 Å². The van der Waals surface area contributed by atoms with Crippen molar-refractivity contribution in [2.45, 2.75) is 62.9 Å². The molecule has 0 unspecified atom stereocenters. The topological polar surface area (TPSA) is 117 Å². The molecule has 0 aliphatic carbocycles. The van der Waals surface area contributed by atoms with Crippen molar-refractivity contribution in [3.8, 4) is 0 Å². The van der Waals surface area contributed by atoms with Crippen LogP contribution in [0.15, 0.2) is 121 Å². The smallest absolute Gasteiger partial charge is 0.241 e. The Morgan fingerprint density at radius 1 is 0.900 bits per heavy atom. The van der Waals surface area contributed by atoms with Gasteiger partial charge in [0.15, 0.2) is 6.29 Å². The SMILES string of the molecule is C=CCN(C)C[C@H]1O[C@@H](c2ccc(CNC(=O)[C@@H](Cc3ccccc3)NS(=O)(=O)c3ccc(C)cc3)cc2)O[C@@H](c2ccc(CO)cc2)[C@H]1C. The molecule has 0 aromatic heterocycles. The third-order valence-electron chi connectivity index (χ3n) is 9.00. The second kappa shape index (κ2) is 17.2. The van der Waals surface area contributed by atoms with Crippen molar-refractivity contribution in [2.75, 3.05) is 20.1 Å². The molecule has 0 bridgehead atoms. The zero-order chi connectivity index (χ0) is 35.7. The van der Waals surface area contributed by atoms with Gasteiger partial charge in [0.05, 0.1) is 23.7 Å². The van der Waals surface area contributed by atoms with Crippen molar-refractivity contribution in [2.24, 2.45) is 5.92 Å². The summed E-state index contributed by atoms with van der Waals surface area (Å²) in [5.74, 6) is -0.372. The van der Waals surface area contributed by atoms with Crippen LogP contribution in [0, 0.1) is 12.8 Å². The van der Waals surface area contributed by atoms with Crippen LogP contribution >= 0.6 is 0 Å². The molecule has 264 valence electrons. The van der Waals surface area contributed by atoms with Crippen molar-refractivity contribution >= 4 is 15.9 Å². The van der Waals surface area contributed by atoms with Crippen LogP contribution < -0.4 is 10.0 Å². The molecule has 1 heterocycles. The van der Waals surface area contributed by atoms with Crippen LogP contribution in [0.1, 0.15) is 52.7 Å². The van der Waals surface area contributed by atoms with Crippen LogP contribution in [-0.4, -0.2) is 56.6 Å². The number of carbonyl (C=O) groups is 1. The van der Waals surface area contributed by atoms with Gasteiger partial charge in [0.2, 0.25) is 15.9 Å². The maximum atomic E-state index is 13.5. The number of hydrogen-bond acceptors (Lipinski definition) is 7. The Kier molecular flexibility index (Phi) is 12.7. The molecule has 1 aliphatic rings. The fourth-order valence-corrected chi connectivity index (χ4v) is 7.24. The molecule has 0 spiro atoms. The first-order valence-corrected chi connectivity index (χ1v) is 18.3. The summed E-state index contributed by atoms with van der Waals surface area (Å²) in [5.41, 5.74) is 5.31. The molecule has 5 rings (SSSR count). The molecule has 10 heteroatoms. The summed E-state index contributed by atoms with van der Waals surface area (Å²) >= 11 is 0. The number of aliphatic hydroxyl groups is 1. The number of nitrogens with zero attached hydrogens (tertiary/aromatic N) is 1. The molecular weight excluding hydrogens is 651 g/mol. The largest absolute Gasteiger partial charge is 0.392 e. The van der Waals surface area contributed by atoms with Crippen molar-refractivity contribution in [1.82, 2.24) is 14.9 Å². The predicted molar refractivity (Wildman–Crippen MR) is 194 cm³/mol. The highest BCUT2D eigenvalue weighted by molar-refractivity contribution is 7.89. The maximum Gasteiger partial charge on any atom is 0.241 e. The monoisotopic (exact) mass is 697 g/mol. The van der Waals surface area contributed by atoms with Gasteiger partial charge in [0.1, 0.15) is 6.04 Å². The summed E-state index contributed by atoms with van der Waals surface area (Å²) in [6, 6.07) is 30.3. The van der Waals surface area contributed by atoms with Crippen LogP contribution in [0.25, 0.3) is 0 Å². The van der Waals surface area contributed by atoms with Crippen LogP contribution in [0.3, 0.4) is 0 Å². The Morgan fingerprint density at radius 2 is 1.54 bits per heavy atom. The first-order chi connectivity index (χ1) is 24.1. The summed E-state index contributed by atoms with van der Waals surface area (Å²) < 4.78 is 42.3. The lowest BCUT2D eigenvalue weighted by atomic mass is 9.90. The highest BCUT2D eigenvalue weighted by atomic mass is 32.2. The van der Waals surface area contributed by atoms with Crippen LogP contribution in [0.2, 0.25) is 0 Å². The molecule has 50 heavy (non-hydrogen) atoms. The van der Waals surface area contributed by atoms with Gasteiger partial charge in [-0.1, -0.05) is 110 Å². The van der Waals surface area contributed by atoms with E-state index >= 15 is 0 Å². The number of likely N-dealkylation sites (N-methyl/N-ethyl adjacent to an activating group) is 1. The molecule has 1 saturated heterocycles. The van der Waals surface area contributed by atoms with Gasteiger partial charge in [0.25, 0.3) is 0 Å². The second-order valence-electron chi connectivity index (χ2n) is 13.0. The Bertz CT molecular complexity index is 1800. The van der Waals surface area contributed by atoms with Crippen molar-refractivity contribution in [3.05, 3.63) is 149 Å². The fraction of sp³-hybridized carbons (Fsp3) is 0.325. The third kappa shape index (κ3) is 9.75. The van der Waals surface area contributed by atoms with Gasteiger partial charge in [-0.15, -0.1) is 6.58 Å². The molecule has 3 N–H and O–H groups in total. The van der Waals surface area contributed by atoms with Crippen LogP contribution in [-0.2, 0) is 43.9 Å². The molecule has 4 aromatic carbocycles. The zero-order valence-corrected chi connectivity index (χ0v) is 29.7. The molecule has 0 radical (unpaired) electrons. The van der Waals surface area contributed by atoms with E-state index in [1.165, 1.54) is 12.1 Å². The Hall–Kier alpha value is -4.16. The highest BCUT2D eigenvalue weighted by Crippen LogP contribution is 2.41. The standard InChI is InChI=1S/C40H47N3O6S/c1-5-23-43(4)26-37-29(3)38(33-17-15-32(27-44)16-18-33)49-40(48-37)34-19-13-31(14-20-34)25-41-39(45)36(24-30-9-7-6-8-10-30)42-50(46,47)35-21-11-28(2)12-22-35/h5-22,29,36-38,40,42,44H,1,23-27H2,2-4H3,(H,41,45)/t29-,36+,37+,38+,40+/m0/s1. The van der Waals surface area contributed by atoms with E-state index in [9.17, 15) is 18.3 Å². The van der Waals surface area contributed by atoms with E-state index in [0.29, 0.717) is 6.54 Å². The number of ether oxygens (including phenoxy) is 2. The van der Waals surface area contributed by atoms with Crippen molar-refractivity contribution < 1.29 is 27.8 Å². The minimum Gasteiger partial charge on any atom is -0.392 e. The van der Waals surface area contributed by atoms with E-state index in [2.05, 4.69) is 28.4 Å². The first kappa shape index (κ1) is 37.1. The van der Waals surface area contributed by atoms with Gasteiger partial charge in [-0.3, -0.25) is 4.79 Å². The van der Waals surface area contributed by atoms with Gasteiger partial charge in [-0.2, -0.15) is 4.72 Å². The lowest BCUT2D eigenvalue weighted by molar-refractivity contribution is -0.275. The third-order valence-corrected chi connectivity index (χ3v) is 10.5. The number of carbonyl (C=O) groups excluding carboxylic acids is 1. The number of aliphatic hydroxyl groups excluding tert-OH is 1. The van der Waals surface area contributed by atoms with E-state index in [4.69, 9.17) is 9.47 Å². The summed E-state index contributed by atoms with van der Waals surface area (Å²) in [4.78, 5) is 15.8. The summed E-state index contributed by atoms with van der Waals surface area (Å²) in [7, 11) is -1.91. The van der Waals surface area contributed by atoms with Crippen LogP contribution in [0.4, 0.5) is 0 Å². The first-order valence-electron chi connectivity index (χ1n) is 16.9. The molecule has 9 nitrogen and oxygen atoms in total. The quantitative estimate of drug-likeness (QED) is 0.139. The number of rotatable bonds is 15. The minimum atomic E-state index is -3.95. The normalized spacial score (nSPS) is 19.9. The lowest BCUT2D eigenvalue weighted by Crippen LogP contribution is -2.47. The Labute approximate surface area is 296 Å². The Balaban J connectivity index is 1.29. The number of nitrogens with one attached hydrogen (secondary N) is 2. The molecule has 1 amide bonds. The molecule has 0 saturated carbocycles. The molecular formula is C40H47N3O6S. The molecule has 4 aromatic rings. The van der Waals surface area contributed by atoms with E-state index in [1.807, 2.05) is 98.9 Å². The van der Waals surface area contributed by atoms with Crippen molar-refractivity contribution in [1.29, 1.82) is 0 Å². The van der Waals surface area contributed by atoms with E-state index in [0.717, 1.165) is 39.9 Å². The average molecular weight is 698 g/mol. The maximum absolute atomic E-state index is 13.5. The van der Waals surface area contributed by atoms with Gasteiger partial charge in [-0.25, -0.2) is 8.42 Å². The van der Waals surface area contributed by atoms with Gasteiger partial charge in [-0.05, 0) is 54.8 Å². The lowest BCUT2D eigenvalue weighted by Gasteiger charge is -2.42. The summed E-state index contributed by atoms with van der Waals surface area (Å²) in [6.07, 6.45) is 1.09. The van der Waals surface area contributed by atoms with E-state index in [-0.39, 0.29) is 42.6 Å². The number of benzene rings is 4. The molecule has 1 fully saturated rings. The number of sulfonamides is 1. The molecule has 1 aliphatic heterocycles. The predicted octanol–water partition coefficient (Wildman–Crippen LogP) is 5.60. The number of hydrogen-bond donors (Lipinski definition) is 3. The van der Waals surface area contributed by atoms with Crippen LogP contribution in [0.5, 0.6) is 0 Å². The number of aryl methyl sites for hydroxylation is 1. The average Bonchev–Trinajstić information content (AvgIpc) is 3.12.